The number of amides is 1. The molecule has 30 heavy (non-hydrogen) atoms. The topological polar surface area (TPSA) is 75.7 Å². The number of nitrogens with one attached hydrogen (secondary N) is 1. The van der Waals surface area contributed by atoms with E-state index in [-0.39, 0.29) is 11.9 Å². The van der Waals surface area contributed by atoms with Crippen LogP contribution in [0.2, 0.25) is 0 Å². The van der Waals surface area contributed by atoms with E-state index in [1.807, 2.05) is 6.92 Å². The second-order valence-electron chi connectivity index (χ2n) is 7.90. The highest BCUT2D eigenvalue weighted by Crippen LogP contribution is 2.26. The number of carbonyl (C=O) groups excluding carboxylic acids is 1. The van der Waals surface area contributed by atoms with E-state index in [1.165, 1.54) is 24.0 Å². The van der Waals surface area contributed by atoms with Gasteiger partial charge in [-0.15, -0.1) is 0 Å². The van der Waals surface area contributed by atoms with Crippen molar-refractivity contribution >= 4 is 21.6 Å². The van der Waals surface area contributed by atoms with Gasteiger partial charge in [0.25, 0.3) is 0 Å². The van der Waals surface area contributed by atoms with Gasteiger partial charge in [-0.25, -0.2) is 8.42 Å². The Morgan fingerprint density at radius 1 is 1.03 bits per heavy atom. The van der Waals surface area contributed by atoms with E-state index in [0.717, 1.165) is 29.0 Å². The lowest BCUT2D eigenvalue weighted by molar-refractivity contribution is -0.122. The van der Waals surface area contributed by atoms with Gasteiger partial charge in [0.1, 0.15) is 11.8 Å². The Labute approximate surface area is 179 Å². The molecule has 0 saturated heterocycles. The molecule has 0 radical (unpaired) electrons. The SMILES string of the molecule is COc1ccc(N([C@@H](C)C(=O)N[C@@H](C)c2ccc3c(c2)CCCC3)S(C)(=O)=O)cc1. The molecule has 0 saturated carbocycles. The number of hydrogen-bond acceptors (Lipinski definition) is 4. The molecule has 0 heterocycles. The fraction of sp³-hybridized carbons (Fsp3) is 0.435. The fourth-order valence-corrected chi connectivity index (χ4v) is 5.15. The first kappa shape index (κ1) is 22.2. The molecule has 3 rings (SSSR count). The van der Waals surface area contributed by atoms with Crippen LogP contribution in [-0.2, 0) is 27.7 Å². The highest BCUT2D eigenvalue weighted by molar-refractivity contribution is 7.92. The summed E-state index contributed by atoms with van der Waals surface area (Å²) in [4.78, 5) is 13.0. The number of sulfonamides is 1. The number of rotatable bonds is 7. The van der Waals surface area contributed by atoms with Crippen LogP contribution >= 0.6 is 0 Å². The molecule has 0 bridgehead atoms. The minimum Gasteiger partial charge on any atom is -0.497 e. The minimum atomic E-state index is -3.66. The van der Waals surface area contributed by atoms with Gasteiger partial charge in [0.2, 0.25) is 15.9 Å². The number of carbonyl (C=O) groups is 1. The summed E-state index contributed by atoms with van der Waals surface area (Å²) < 4.78 is 31.2. The zero-order valence-corrected chi connectivity index (χ0v) is 18.8. The average Bonchev–Trinajstić information content (AvgIpc) is 2.72. The highest BCUT2D eigenvalue weighted by Gasteiger charge is 2.30. The molecule has 162 valence electrons. The minimum absolute atomic E-state index is 0.218. The molecule has 0 spiro atoms. The second kappa shape index (κ2) is 9.08. The maximum atomic E-state index is 13.0. The van der Waals surface area contributed by atoms with Crippen molar-refractivity contribution in [2.75, 3.05) is 17.7 Å². The molecule has 2 aromatic rings. The summed E-state index contributed by atoms with van der Waals surface area (Å²) in [6, 6.07) is 11.9. The Balaban J connectivity index is 1.77. The molecule has 2 atom stereocenters. The van der Waals surface area contributed by atoms with Crippen LogP contribution in [0.1, 0.15) is 49.4 Å². The largest absolute Gasteiger partial charge is 0.497 e. The van der Waals surface area contributed by atoms with E-state index in [0.29, 0.717) is 11.4 Å². The maximum absolute atomic E-state index is 13.0. The molecular weight excluding hydrogens is 400 g/mol. The van der Waals surface area contributed by atoms with Crippen molar-refractivity contribution in [2.24, 2.45) is 0 Å². The van der Waals surface area contributed by atoms with Crippen LogP contribution in [0.3, 0.4) is 0 Å². The lowest BCUT2D eigenvalue weighted by atomic mass is 9.89. The van der Waals surface area contributed by atoms with Crippen molar-refractivity contribution in [2.45, 2.75) is 51.6 Å². The van der Waals surface area contributed by atoms with E-state index in [4.69, 9.17) is 4.74 Å². The normalized spacial score (nSPS) is 15.6. The van der Waals surface area contributed by atoms with Crippen LogP contribution in [-0.4, -0.2) is 33.7 Å². The predicted molar refractivity (Wildman–Crippen MR) is 119 cm³/mol. The average molecular weight is 431 g/mol. The van der Waals surface area contributed by atoms with E-state index >= 15 is 0 Å². The van der Waals surface area contributed by atoms with Crippen LogP contribution < -0.4 is 14.4 Å². The summed E-state index contributed by atoms with van der Waals surface area (Å²) in [5.41, 5.74) is 4.19. The summed E-state index contributed by atoms with van der Waals surface area (Å²) in [5.74, 6) is 0.270. The Kier molecular flexibility index (Phi) is 6.71. The summed E-state index contributed by atoms with van der Waals surface area (Å²) in [7, 11) is -2.12. The van der Waals surface area contributed by atoms with E-state index < -0.39 is 16.1 Å². The van der Waals surface area contributed by atoms with E-state index in [1.54, 1.807) is 38.3 Å². The third-order valence-electron chi connectivity index (χ3n) is 5.65. The fourth-order valence-electron chi connectivity index (χ4n) is 3.98. The Morgan fingerprint density at radius 2 is 1.67 bits per heavy atom. The number of fused-ring (bicyclic) bond motifs is 1. The summed E-state index contributed by atoms with van der Waals surface area (Å²) in [6.45, 7) is 3.52. The Bertz CT molecular complexity index is 1000. The van der Waals surface area contributed by atoms with E-state index in [9.17, 15) is 13.2 Å². The highest BCUT2D eigenvalue weighted by atomic mass is 32.2. The molecule has 1 N–H and O–H groups in total. The van der Waals surface area contributed by atoms with Gasteiger partial charge in [-0.05, 0) is 80.5 Å². The third kappa shape index (κ3) is 4.95. The van der Waals surface area contributed by atoms with Gasteiger partial charge in [-0.3, -0.25) is 9.10 Å². The second-order valence-corrected chi connectivity index (χ2v) is 9.76. The summed E-state index contributed by atoms with van der Waals surface area (Å²) in [5, 5.41) is 2.98. The quantitative estimate of drug-likeness (QED) is 0.728. The molecule has 1 aliphatic carbocycles. The van der Waals surface area contributed by atoms with Gasteiger partial charge < -0.3 is 10.1 Å². The van der Waals surface area contributed by atoms with Crippen molar-refractivity contribution in [3.8, 4) is 5.75 Å². The number of benzene rings is 2. The first-order chi connectivity index (χ1) is 14.2. The first-order valence-electron chi connectivity index (χ1n) is 10.3. The zero-order chi connectivity index (χ0) is 21.9. The van der Waals surface area contributed by atoms with E-state index in [2.05, 4.69) is 23.5 Å². The number of methoxy groups -OCH3 is 1. The molecule has 0 aliphatic heterocycles. The first-order valence-corrected chi connectivity index (χ1v) is 12.1. The van der Waals surface area contributed by atoms with Gasteiger partial charge in [0, 0.05) is 0 Å². The predicted octanol–water partition coefficient (Wildman–Crippen LogP) is 3.61. The Morgan fingerprint density at radius 3 is 2.27 bits per heavy atom. The maximum Gasteiger partial charge on any atom is 0.244 e. The third-order valence-corrected chi connectivity index (χ3v) is 6.89. The Hall–Kier alpha value is -2.54. The molecule has 6 nitrogen and oxygen atoms in total. The van der Waals surface area contributed by atoms with Crippen molar-refractivity contribution in [3.63, 3.8) is 0 Å². The number of nitrogens with zero attached hydrogens (tertiary/aromatic N) is 1. The number of ether oxygens (including phenoxy) is 1. The lowest BCUT2D eigenvalue weighted by Gasteiger charge is -2.29. The van der Waals surface area contributed by atoms with Crippen molar-refractivity contribution in [1.29, 1.82) is 0 Å². The van der Waals surface area contributed by atoms with Crippen LogP contribution in [0, 0.1) is 0 Å². The number of hydrogen-bond donors (Lipinski definition) is 1. The van der Waals surface area contributed by atoms with Gasteiger partial charge in [0.05, 0.1) is 25.1 Å². The summed E-state index contributed by atoms with van der Waals surface area (Å²) >= 11 is 0. The summed E-state index contributed by atoms with van der Waals surface area (Å²) in [6.07, 6.45) is 5.70. The smallest absolute Gasteiger partial charge is 0.244 e. The molecule has 1 amide bonds. The van der Waals surface area contributed by atoms with Crippen LogP contribution in [0.5, 0.6) is 5.75 Å². The van der Waals surface area contributed by atoms with Crippen LogP contribution in [0.15, 0.2) is 42.5 Å². The molecule has 0 unspecified atom stereocenters. The molecule has 0 aromatic heterocycles. The molecular formula is C23H30N2O4S. The van der Waals surface area contributed by atoms with Gasteiger partial charge in [-0.1, -0.05) is 18.2 Å². The van der Waals surface area contributed by atoms with Crippen molar-refractivity contribution in [1.82, 2.24) is 5.32 Å². The van der Waals surface area contributed by atoms with Crippen LogP contribution in [0.4, 0.5) is 5.69 Å². The molecule has 2 aromatic carbocycles. The van der Waals surface area contributed by atoms with Crippen LogP contribution in [0.25, 0.3) is 0 Å². The molecule has 7 heteroatoms. The number of aryl methyl sites for hydroxylation is 2. The molecule has 1 aliphatic rings. The van der Waals surface area contributed by atoms with Gasteiger partial charge >= 0.3 is 0 Å². The molecule has 0 fully saturated rings. The lowest BCUT2D eigenvalue weighted by Crippen LogP contribution is -2.48. The van der Waals surface area contributed by atoms with Crippen molar-refractivity contribution in [3.05, 3.63) is 59.2 Å². The van der Waals surface area contributed by atoms with Crippen molar-refractivity contribution < 1.29 is 17.9 Å². The van der Waals surface area contributed by atoms with Gasteiger partial charge in [0.15, 0.2) is 0 Å². The number of anilines is 1. The zero-order valence-electron chi connectivity index (χ0n) is 18.0. The van der Waals surface area contributed by atoms with Gasteiger partial charge in [-0.2, -0.15) is 0 Å². The monoisotopic (exact) mass is 430 g/mol. The standard InChI is InChI=1S/C23H30N2O4S/c1-16(19-10-9-18-7-5-6-8-20(18)15-19)24-23(26)17(2)25(30(4,27)28)21-11-13-22(29-3)14-12-21/h9-17H,5-8H2,1-4H3,(H,24,26)/t16-,17-/m0/s1.